The summed E-state index contributed by atoms with van der Waals surface area (Å²) in [6.07, 6.45) is 3.23. The third kappa shape index (κ3) is 5.47. The summed E-state index contributed by atoms with van der Waals surface area (Å²) in [6, 6.07) is 4.37. The van der Waals surface area contributed by atoms with E-state index in [1.807, 2.05) is 27.7 Å². The molecule has 2 N–H and O–H groups in total. The molecule has 8 heteroatoms. The molecule has 0 saturated carbocycles. The number of thiophene rings is 2. The van der Waals surface area contributed by atoms with Gasteiger partial charge in [-0.3, -0.25) is 9.59 Å². The number of nitrogens with zero attached hydrogens (tertiary/aromatic N) is 2. The van der Waals surface area contributed by atoms with Crippen LogP contribution in [0.3, 0.4) is 0 Å². The molecule has 2 aromatic rings. The summed E-state index contributed by atoms with van der Waals surface area (Å²) in [5.41, 5.74) is 3.08. The second-order valence-electron chi connectivity index (χ2n) is 6.92. The lowest BCUT2D eigenvalue weighted by molar-refractivity contribution is -0.118. The summed E-state index contributed by atoms with van der Waals surface area (Å²) in [7, 11) is 0. The Kier molecular flexibility index (Phi) is 8.58. The highest BCUT2D eigenvalue weighted by molar-refractivity contribution is 7.17. The number of aryl methyl sites for hydroxylation is 2. The minimum absolute atomic E-state index is 0.149. The predicted octanol–water partition coefficient (Wildman–Crippen LogP) is 5.43. The molecule has 0 aliphatic carbocycles. The minimum atomic E-state index is -0.149. The van der Waals surface area contributed by atoms with Gasteiger partial charge in [0.2, 0.25) is 11.8 Å². The first-order chi connectivity index (χ1) is 14.4. The molecule has 0 aliphatic heterocycles. The van der Waals surface area contributed by atoms with E-state index in [0.717, 1.165) is 33.7 Å². The van der Waals surface area contributed by atoms with E-state index in [1.165, 1.54) is 22.7 Å². The molecule has 2 amide bonds. The quantitative estimate of drug-likeness (QED) is 0.505. The molecule has 0 aliphatic rings. The van der Waals surface area contributed by atoms with Crippen molar-refractivity contribution in [3.8, 4) is 12.1 Å². The maximum atomic E-state index is 12.2. The number of unbranched alkanes of at least 4 members (excludes halogenated alkanes) is 1. The summed E-state index contributed by atoms with van der Waals surface area (Å²) in [5, 5.41) is 25.6. The van der Waals surface area contributed by atoms with Crippen molar-refractivity contribution < 1.29 is 9.59 Å². The van der Waals surface area contributed by atoms with Gasteiger partial charge in [-0.25, -0.2) is 0 Å². The van der Waals surface area contributed by atoms with Crippen LogP contribution in [0.1, 0.15) is 71.5 Å². The Morgan fingerprint density at radius 1 is 0.800 bits per heavy atom. The lowest BCUT2D eigenvalue weighted by Crippen LogP contribution is -2.13. The minimum Gasteiger partial charge on any atom is -0.317 e. The normalized spacial score (nSPS) is 10.3. The zero-order chi connectivity index (χ0) is 22.3. The lowest BCUT2D eigenvalue weighted by atomic mass is 10.1. The Morgan fingerprint density at radius 3 is 1.47 bits per heavy atom. The lowest BCUT2D eigenvalue weighted by Gasteiger charge is -2.05. The number of rotatable bonds is 9. The summed E-state index contributed by atoms with van der Waals surface area (Å²) in [5.74, 6) is -0.298. The second-order valence-corrected chi connectivity index (χ2v) is 9.37. The standard InChI is InChI=1S/C22H26N4O2S2/c1-5-15-13(3)29-21(17(15)11-23)25-19(27)9-7-8-10-20(28)26-22-18(12-24)16(6-2)14(4)30-22/h5-10H2,1-4H3,(H,25,27)(H,26,28). The van der Waals surface area contributed by atoms with Crippen molar-refractivity contribution in [1.82, 2.24) is 0 Å². The molecule has 0 bridgehead atoms. The molecular weight excluding hydrogens is 416 g/mol. The second kappa shape index (κ2) is 10.9. The van der Waals surface area contributed by atoms with Gasteiger partial charge in [-0.05, 0) is 50.7 Å². The van der Waals surface area contributed by atoms with E-state index in [-0.39, 0.29) is 24.7 Å². The van der Waals surface area contributed by atoms with Crippen molar-refractivity contribution in [2.75, 3.05) is 10.6 Å². The van der Waals surface area contributed by atoms with Gasteiger partial charge in [0.25, 0.3) is 0 Å². The van der Waals surface area contributed by atoms with Gasteiger partial charge in [0, 0.05) is 22.6 Å². The van der Waals surface area contributed by atoms with Crippen LogP contribution in [0.2, 0.25) is 0 Å². The van der Waals surface area contributed by atoms with Crippen LogP contribution < -0.4 is 10.6 Å². The number of carbonyl (C=O) groups is 2. The highest BCUT2D eigenvalue weighted by Gasteiger charge is 2.17. The van der Waals surface area contributed by atoms with Crippen LogP contribution in [0.5, 0.6) is 0 Å². The van der Waals surface area contributed by atoms with Gasteiger partial charge >= 0.3 is 0 Å². The molecule has 0 radical (unpaired) electrons. The van der Waals surface area contributed by atoms with Gasteiger partial charge in [0.15, 0.2) is 0 Å². The number of anilines is 2. The van der Waals surface area contributed by atoms with Crippen LogP contribution in [-0.4, -0.2) is 11.8 Å². The largest absolute Gasteiger partial charge is 0.317 e. The van der Waals surface area contributed by atoms with Gasteiger partial charge in [0.05, 0.1) is 11.1 Å². The fourth-order valence-corrected chi connectivity index (χ4v) is 5.59. The highest BCUT2D eigenvalue weighted by Crippen LogP contribution is 2.34. The number of hydrogen-bond acceptors (Lipinski definition) is 6. The van der Waals surface area contributed by atoms with Crippen molar-refractivity contribution in [3.63, 3.8) is 0 Å². The molecule has 0 atom stereocenters. The molecule has 30 heavy (non-hydrogen) atoms. The van der Waals surface area contributed by atoms with Crippen molar-refractivity contribution in [2.45, 2.75) is 66.2 Å². The molecule has 0 unspecified atom stereocenters. The van der Waals surface area contributed by atoms with Crippen molar-refractivity contribution in [1.29, 1.82) is 10.5 Å². The third-order valence-corrected chi connectivity index (χ3v) is 7.04. The number of amides is 2. The zero-order valence-corrected chi connectivity index (χ0v) is 19.4. The average Bonchev–Trinajstić information content (AvgIpc) is 3.18. The summed E-state index contributed by atoms with van der Waals surface area (Å²) >= 11 is 2.86. The van der Waals surface area contributed by atoms with Gasteiger partial charge in [-0.1, -0.05) is 13.8 Å². The molecule has 158 valence electrons. The van der Waals surface area contributed by atoms with Gasteiger partial charge in [0.1, 0.15) is 22.1 Å². The first kappa shape index (κ1) is 23.6. The van der Waals surface area contributed by atoms with E-state index in [1.54, 1.807) is 0 Å². The average molecular weight is 443 g/mol. The first-order valence-electron chi connectivity index (χ1n) is 10.0. The van der Waals surface area contributed by atoms with Gasteiger partial charge in [-0.2, -0.15) is 10.5 Å². The topological polar surface area (TPSA) is 106 Å². The maximum absolute atomic E-state index is 12.2. The molecule has 0 aromatic carbocycles. The van der Waals surface area contributed by atoms with Crippen LogP contribution in [0.25, 0.3) is 0 Å². The fourth-order valence-electron chi connectivity index (χ4n) is 3.37. The molecule has 6 nitrogen and oxygen atoms in total. The first-order valence-corrected chi connectivity index (χ1v) is 11.6. The van der Waals surface area contributed by atoms with Crippen LogP contribution in [0, 0.1) is 36.5 Å². The van der Waals surface area contributed by atoms with E-state index in [9.17, 15) is 20.1 Å². The molecule has 0 saturated heterocycles. The number of carbonyl (C=O) groups excluding carboxylic acids is 2. The molecule has 2 heterocycles. The predicted molar refractivity (Wildman–Crippen MR) is 122 cm³/mol. The molecule has 0 spiro atoms. The van der Waals surface area contributed by atoms with Crippen molar-refractivity contribution in [2.24, 2.45) is 0 Å². The summed E-state index contributed by atoms with van der Waals surface area (Å²) < 4.78 is 0. The van der Waals surface area contributed by atoms with Crippen LogP contribution >= 0.6 is 22.7 Å². The van der Waals surface area contributed by atoms with E-state index >= 15 is 0 Å². The number of nitrogens with one attached hydrogen (secondary N) is 2. The Bertz CT molecular complexity index is 939. The number of nitriles is 2. The van der Waals surface area contributed by atoms with E-state index in [4.69, 9.17) is 0 Å². The van der Waals surface area contributed by atoms with E-state index in [2.05, 4.69) is 22.8 Å². The fraction of sp³-hybridized carbons (Fsp3) is 0.455. The van der Waals surface area contributed by atoms with Crippen molar-refractivity contribution >= 4 is 44.5 Å². The van der Waals surface area contributed by atoms with Crippen LogP contribution in [0.4, 0.5) is 10.0 Å². The summed E-state index contributed by atoms with van der Waals surface area (Å²) in [6.45, 7) is 7.89. The SMILES string of the molecule is CCc1c(C)sc(NC(=O)CCCCC(=O)Nc2sc(C)c(CC)c2C#N)c1C#N. The van der Waals surface area contributed by atoms with Gasteiger partial charge in [-0.15, -0.1) is 22.7 Å². The highest BCUT2D eigenvalue weighted by atomic mass is 32.1. The Hall–Kier alpha value is -2.68. The zero-order valence-electron chi connectivity index (χ0n) is 17.8. The third-order valence-electron chi connectivity index (χ3n) is 4.91. The van der Waals surface area contributed by atoms with Crippen molar-refractivity contribution in [3.05, 3.63) is 32.0 Å². The molecule has 2 aromatic heterocycles. The van der Waals surface area contributed by atoms with Crippen LogP contribution in [0.15, 0.2) is 0 Å². The Morgan fingerprint density at radius 2 is 1.17 bits per heavy atom. The van der Waals surface area contributed by atoms with Gasteiger partial charge < -0.3 is 10.6 Å². The monoisotopic (exact) mass is 442 g/mol. The Balaban J connectivity index is 1.82. The molecule has 0 fully saturated rings. The summed E-state index contributed by atoms with van der Waals surface area (Å²) in [4.78, 5) is 26.6. The maximum Gasteiger partial charge on any atom is 0.225 e. The molecule has 2 rings (SSSR count). The van der Waals surface area contributed by atoms with E-state index in [0.29, 0.717) is 34.0 Å². The van der Waals surface area contributed by atoms with E-state index < -0.39 is 0 Å². The Labute approximate surface area is 185 Å². The molecular formula is C22H26N4O2S2. The number of hydrogen-bond donors (Lipinski definition) is 2. The smallest absolute Gasteiger partial charge is 0.225 e. The van der Waals surface area contributed by atoms with Crippen LogP contribution in [-0.2, 0) is 22.4 Å².